The largest absolute Gasteiger partial charge is 3.00 e. The van der Waals surface area contributed by atoms with Crippen molar-refractivity contribution in [2.45, 2.75) is 0 Å². The zero-order valence-electron chi connectivity index (χ0n) is 4.78. The first-order valence-electron chi connectivity index (χ1n) is 1.51. The molecular formula is H3NdO8P2. The van der Waals surface area contributed by atoms with Crippen LogP contribution in [0.25, 0.3) is 0 Å². The van der Waals surface area contributed by atoms with Gasteiger partial charge in [0.1, 0.15) is 0 Å². The monoisotopic (exact) mass is 335 g/mol. The first-order valence-corrected chi connectivity index (χ1v) is 4.54. The van der Waals surface area contributed by atoms with Gasteiger partial charge in [-0.25, -0.2) is 4.57 Å². The van der Waals surface area contributed by atoms with Crippen molar-refractivity contribution in [1.29, 1.82) is 0 Å². The van der Waals surface area contributed by atoms with Crippen LogP contribution in [0.4, 0.5) is 0 Å². The average Bonchev–Trinajstić information content (AvgIpc) is 1.12. The van der Waals surface area contributed by atoms with Crippen LogP contribution >= 0.6 is 15.6 Å². The maximum absolute atomic E-state index is 8.88. The Labute approximate surface area is 94.3 Å². The van der Waals surface area contributed by atoms with Crippen molar-refractivity contribution in [3.8, 4) is 0 Å². The molecule has 0 aliphatic carbocycles. The van der Waals surface area contributed by atoms with E-state index in [2.05, 4.69) is 0 Å². The second-order valence-corrected chi connectivity index (χ2v) is 2.88. The number of phosphoric acid groups is 2. The summed E-state index contributed by atoms with van der Waals surface area (Å²) in [4.78, 5) is 47.2. The summed E-state index contributed by atoms with van der Waals surface area (Å²) >= 11 is 0. The number of rotatable bonds is 0. The Balaban J connectivity index is -0.000000107. The smallest absolute Gasteiger partial charge is 0.822 e. The summed E-state index contributed by atoms with van der Waals surface area (Å²) in [6.07, 6.45) is 0. The van der Waals surface area contributed by atoms with E-state index < -0.39 is 15.6 Å². The quantitative estimate of drug-likeness (QED) is 0.379. The van der Waals surface area contributed by atoms with Gasteiger partial charge in [-0.15, -0.1) is 0 Å². The Hall–Kier alpha value is 1.57. The van der Waals surface area contributed by atoms with Gasteiger partial charge < -0.3 is 33.9 Å². The molecule has 0 heterocycles. The van der Waals surface area contributed by atoms with Gasteiger partial charge in [-0.1, -0.05) is 0 Å². The minimum absolute atomic E-state index is 0. The van der Waals surface area contributed by atoms with Gasteiger partial charge in [0.2, 0.25) is 0 Å². The van der Waals surface area contributed by atoms with Gasteiger partial charge in [-0.05, 0) is 0 Å². The molecule has 65 valence electrons. The molecule has 11 heteroatoms. The number of hydrogen-bond donors (Lipinski definition) is 3. The van der Waals surface area contributed by atoms with E-state index in [-0.39, 0.29) is 40.8 Å². The second-order valence-electron chi connectivity index (χ2n) is 0.960. The maximum Gasteiger partial charge on any atom is 3.00 e. The Morgan fingerprint density at radius 3 is 0.909 bits per heavy atom. The zero-order valence-corrected chi connectivity index (χ0v) is 9.77. The molecule has 0 atom stereocenters. The summed E-state index contributed by atoms with van der Waals surface area (Å²) in [7, 11) is -10.0. The third-order valence-electron chi connectivity index (χ3n) is 0. The standard InChI is InChI=1S/Nd.2H3O4P/c;2*1-5(2,3)4/h;2*(H3,1,2,3,4)/q+3;;/p-3. The summed E-state index contributed by atoms with van der Waals surface area (Å²) in [5.41, 5.74) is 0. The molecule has 0 aromatic carbocycles. The van der Waals surface area contributed by atoms with Gasteiger partial charge in [-0.3, -0.25) is 0 Å². The Morgan fingerprint density at radius 1 is 0.909 bits per heavy atom. The predicted molar refractivity (Wildman–Crippen MR) is 21.9 cm³/mol. The Kier molecular flexibility index (Phi) is 11.7. The Morgan fingerprint density at radius 2 is 0.909 bits per heavy atom. The van der Waals surface area contributed by atoms with Crippen molar-refractivity contribution in [3.63, 3.8) is 0 Å². The van der Waals surface area contributed by atoms with Crippen LogP contribution in [0.15, 0.2) is 0 Å². The van der Waals surface area contributed by atoms with E-state index in [1.165, 1.54) is 0 Å². The molecule has 0 aliphatic rings. The molecule has 0 rings (SSSR count). The fraction of sp³-hybridized carbons (Fsp3) is 0. The minimum Gasteiger partial charge on any atom is -0.822 e. The van der Waals surface area contributed by atoms with Gasteiger partial charge in [0.15, 0.2) is 0 Å². The topological polar surface area (TPSA) is 164 Å². The number of hydrogen-bond acceptors (Lipinski definition) is 5. The maximum atomic E-state index is 8.88. The first kappa shape index (κ1) is 18.4. The summed E-state index contributed by atoms with van der Waals surface area (Å²) in [5.74, 6) is 0. The van der Waals surface area contributed by atoms with Crippen molar-refractivity contribution < 1.29 is 79.3 Å². The first-order chi connectivity index (χ1) is 4.00. The molecule has 0 fully saturated rings. The molecular weight excluding hydrogens is 334 g/mol. The van der Waals surface area contributed by atoms with Gasteiger partial charge in [0, 0.05) is 0 Å². The molecule has 0 aliphatic heterocycles. The van der Waals surface area contributed by atoms with Crippen LogP contribution in [0.2, 0.25) is 0 Å². The third-order valence-corrected chi connectivity index (χ3v) is 0. The molecule has 0 unspecified atom stereocenters. The van der Waals surface area contributed by atoms with Crippen LogP contribution in [0.3, 0.4) is 0 Å². The normalized spacial score (nSPS) is 10.7. The molecule has 11 heavy (non-hydrogen) atoms. The van der Waals surface area contributed by atoms with E-state index in [1.807, 2.05) is 0 Å². The van der Waals surface area contributed by atoms with E-state index in [1.54, 1.807) is 0 Å². The van der Waals surface area contributed by atoms with E-state index in [0.29, 0.717) is 0 Å². The molecule has 0 bridgehead atoms. The van der Waals surface area contributed by atoms with Crippen LogP contribution in [0.1, 0.15) is 0 Å². The molecule has 3 N–H and O–H groups in total. The van der Waals surface area contributed by atoms with Crippen molar-refractivity contribution >= 4 is 15.6 Å². The van der Waals surface area contributed by atoms with E-state index in [4.69, 9.17) is 38.5 Å². The molecule has 1 radical (unpaired) electrons. The van der Waals surface area contributed by atoms with E-state index in [9.17, 15) is 0 Å². The van der Waals surface area contributed by atoms with Crippen LogP contribution < -0.4 is 14.7 Å². The fourth-order valence-corrected chi connectivity index (χ4v) is 0. The van der Waals surface area contributed by atoms with Crippen LogP contribution in [-0.4, -0.2) is 14.7 Å². The predicted octanol–water partition coefficient (Wildman–Crippen LogP) is -3.75. The molecule has 0 aromatic heterocycles. The van der Waals surface area contributed by atoms with Crippen molar-refractivity contribution in [3.05, 3.63) is 0 Å². The Bertz CT molecular complexity index is 124. The second kappa shape index (κ2) is 7.02. The van der Waals surface area contributed by atoms with Gasteiger partial charge >= 0.3 is 48.7 Å². The van der Waals surface area contributed by atoms with Crippen LogP contribution in [-0.2, 0) is 9.13 Å². The molecule has 8 nitrogen and oxygen atoms in total. The third kappa shape index (κ3) is 430. The van der Waals surface area contributed by atoms with Crippen LogP contribution in [0.5, 0.6) is 0 Å². The van der Waals surface area contributed by atoms with Gasteiger partial charge in [0.25, 0.3) is 0 Å². The minimum atomic E-state index is -5.39. The summed E-state index contributed by atoms with van der Waals surface area (Å²) < 4.78 is 17.4. The zero-order chi connectivity index (χ0) is 9.00. The fourth-order valence-electron chi connectivity index (χ4n) is 0. The summed E-state index contributed by atoms with van der Waals surface area (Å²) in [6, 6.07) is 0. The van der Waals surface area contributed by atoms with Crippen LogP contribution in [0, 0.1) is 40.8 Å². The van der Waals surface area contributed by atoms with Crippen molar-refractivity contribution in [2.24, 2.45) is 0 Å². The van der Waals surface area contributed by atoms with E-state index >= 15 is 0 Å². The molecule has 0 aromatic rings. The average molecular weight is 337 g/mol. The molecule has 0 saturated carbocycles. The van der Waals surface area contributed by atoms with E-state index in [0.717, 1.165) is 0 Å². The summed E-state index contributed by atoms with van der Waals surface area (Å²) in [6.45, 7) is 0. The molecule has 0 spiro atoms. The molecule has 0 amide bonds. The van der Waals surface area contributed by atoms with Crippen molar-refractivity contribution in [1.82, 2.24) is 0 Å². The molecule has 0 saturated heterocycles. The SMILES string of the molecule is O=P(O)(O)O.O=P([O-])([O-])[O-].[Nd+3]. The van der Waals surface area contributed by atoms with Gasteiger partial charge in [0.05, 0.1) is 0 Å². The van der Waals surface area contributed by atoms with Gasteiger partial charge in [-0.2, -0.15) is 7.82 Å². The summed E-state index contributed by atoms with van der Waals surface area (Å²) in [5, 5.41) is 0. The van der Waals surface area contributed by atoms with Crippen molar-refractivity contribution in [2.75, 3.05) is 0 Å².